The third-order valence-corrected chi connectivity index (χ3v) is 11.1. The molecule has 348 valence electrons. The first kappa shape index (κ1) is 57.4. The van der Waals surface area contributed by atoms with Crippen LogP contribution in [0.15, 0.2) is 48.6 Å². The van der Waals surface area contributed by atoms with E-state index in [1.54, 1.807) is 0 Å². The first-order valence-corrected chi connectivity index (χ1v) is 25.6. The van der Waals surface area contributed by atoms with Crippen molar-refractivity contribution in [2.45, 2.75) is 264 Å². The van der Waals surface area contributed by atoms with Gasteiger partial charge in [0, 0.05) is 19.3 Å². The molecular formula is C54H96O6. The number of hydrogen-bond acceptors (Lipinski definition) is 6. The van der Waals surface area contributed by atoms with E-state index in [0.717, 1.165) is 96.3 Å². The van der Waals surface area contributed by atoms with Crippen LogP contribution in [0.1, 0.15) is 258 Å². The summed E-state index contributed by atoms with van der Waals surface area (Å²) < 4.78 is 16.6. The van der Waals surface area contributed by atoms with Crippen molar-refractivity contribution >= 4 is 17.9 Å². The molecule has 0 saturated carbocycles. The molecule has 1 unspecified atom stereocenters. The average molecular weight is 841 g/mol. The van der Waals surface area contributed by atoms with Crippen LogP contribution in [-0.2, 0) is 28.6 Å². The molecule has 0 aliphatic rings. The van der Waals surface area contributed by atoms with Gasteiger partial charge in [-0.1, -0.05) is 204 Å². The van der Waals surface area contributed by atoms with Crippen LogP contribution in [0.2, 0.25) is 0 Å². The van der Waals surface area contributed by atoms with Crippen molar-refractivity contribution in [1.29, 1.82) is 0 Å². The maximum atomic E-state index is 12.7. The van der Waals surface area contributed by atoms with Crippen LogP contribution in [0.3, 0.4) is 0 Å². The Labute approximate surface area is 371 Å². The van der Waals surface area contributed by atoms with E-state index in [1.165, 1.54) is 122 Å². The fourth-order valence-corrected chi connectivity index (χ4v) is 7.15. The van der Waals surface area contributed by atoms with Gasteiger partial charge < -0.3 is 14.2 Å². The second-order valence-corrected chi connectivity index (χ2v) is 17.1. The first-order valence-electron chi connectivity index (χ1n) is 25.6. The van der Waals surface area contributed by atoms with Gasteiger partial charge in [0.2, 0.25) is 0 Å². The summed E-state index contributed by atoms with van der Waals surface area (Å²) >= 11 is 0. The minimum atomic E-state index is -0.775. The molecule has 0 radical (unpaired) electrons. The summed E-state index contributed by atoms with van der Waals surface area (Å²) in [7, 11) is 0. The van der Waals surface area contributed by atoms with E-state index in [-0.39, 0.29) is 31.1 Å². The third kappa shape index (κ3) is 46.4. The summed E-state index contributed by atoms with van der Waals surface area (Å²) in [4.78, 5) is 37.6. The summed E-state index contributed by atoms with van der Waals surface area (Å²) in [5.41, 5.74) is 0. The molecule has 0 spiro atoms. The molecule has 0 aromatic rings. The van der Waals surface area contributed by atoms with Crippen LogP contribution in [0, 0.1) is 0 Å². The highest BCUT2D eigenvalue weighted by Crippen LogP contribution is 2.14. The first-order chi connectivity index (χ1) is 29.5. The van der Waals surface area contributed by atoms with E-state index in [4.69, 9.17) is 14.2 Å². The number of carbonyl (C=O) groups is 3. The average Bonchev–Trinajstić information content (AvgIpc) is 3.24. The van der Waals surface area contributed by atoms with Gasteiger partial charge in [-0.25, -0.2) is 0 Å². The zero-order valence-corrected chi connectivity index (χ0v) is 39.7. The van der Waals surface area contributed by atoms with Gasteiger partial charge in [-0.15, -0.1) is 0 Å². The van der Waals surface area contributed by atoms with Gasteiger partial charge in [-0.3, -0.25) is 14.4 Å². The standard InChI is InChI=1S/C54H96O6/c1-4-7-10-13-15-17-19-21-23-24-25-26-27-28-29-30-31-33-34-36-38-41-44-47-53(56)59-50-51(49-58-52(55)46-43-40-12-9-6-3)60-54(57)48-45-42-39-37-35-32-22-20-18-16-14-11-8-5-2/h19-22,24-25,27-28,51H,4-18,23,26,29-50H2,1-3H3/b21-19-,22-20-,25-24-,28-27-. The molecule has 0 rings (SSSR count). The Kier molecular flexibility index (Phi) is 46.9. The number of rotatable bonds is 46. The van der Waals surface area contributed by atoms with Crippen LogP contribution in [0.5, 0.6) is 0 Å². The lowest BCUT2D eigenvalue weighted by molar-refractivity contribution is -0.167. The Morgan fingerprint density at radius 3 is 0.950 bits per heavy atom. The zero-order valence-electron chi connectivity index (χ0n) is 39.7. The normalized spacial score (nSPS) is 12.4. The van der Waals surface area contributed by atoms with Crippen LogP contribution in [0.4, 0.5) is 0 Å². The Hall–Kier alpha value is -2.63. The van der Waals surface area contributed by atoms with Gasteiger partial charge in [0.25, 0.3) is 0 Å². The zero-order chi connectivity index (χ0) is 43.7. The van der Waals surface area contributed by atoms with Gasteiger partial charge in [0.15, 0.2) is 6.10 Å². The van der Waals surface area contributed by atoms with Crippen molar-refractivity contribution in [3.05, 3.63) is 48.6 Å². The third-order valence-electron chi connectivity index (χ3n) is 11.1. The topological polar surface area (TPSA) is 78.9 Å². The molecule has 0 N–H and O–H groups in total. The number of ether oxygens (including phenoxy) is 3. The van der Waals surface area contributed by atoms with Crippen molar-refractivity contribution in [2.75, 3.05) is 13.2 Å². The second kappa shape index (κ2) is 49.0. The van der Waals surface area contributed by atoms with E-state index in [9.17, 15) is 14.4 Å². The summed E-state index contributed by atoms with van der Waals surface area (Å²) in [5, 5.41) is 0. The van der Waals surface area contributed by atoms with Gasteiger partial charge >= 0.3 is 17.9 Å². The molecule has 0 aliphatic heterocycles. The lowest BCUT2D eigenvalue weighted by Gasteiger charge is -2.18. The monoisotopic (exact) mass is 841 g/mol. The predicted octanol–water partition coefficient (Wildman–Crippen LogP) is 16.7. The van der Waals surface area contributed by atoms with E-state index in [0.29, 0.717) is 19.3 Å². The van der Waals surface area contributed by atoms with Gasteiger partial charge in [-0.2, -0.15) is 0 Å². The molecule has 0 saturated heterocycles. The minimum absolute atomic E-state index is 0.0792. The van der Waals surface area contributed by atoms with Crippen molar-refractivity contribution in [2.24, 2.45) is 0 Å². The smallest absolute Gasteiger partial charge is 0.306 e. The quantitative estimate of drug-likeness (QED) is 0.0263. The number of carbonyl (C=O) groups excluding carboxylic acids is 3. The summed E-state index contributed by atoms with van der Waals surface area (Å²) in [5.74, 6) is -0.905. The maximum absolute atomic E-state index is 12.7. The van der Waals surface area contributed by atoms with Crippen LogP contribution >= 0.6 is 0 Å². The van der Waals surface area contributed by atoms with Crippen LogP contribution in [-0.4, -0.2) is 37.2 Å². The Morgan fingerprint density at radius 2 is 0.600 bits per heavy atom. The van der Waals surface area contributed by atoms with Crippen LogP contribution < -0.4 is 0 Å². The lowest BCUT2D eigenvalue weighted by Crippen LogP contribution is -2.30. The summed E-state index contributed by atoms with van der Waals surface area (Å²) in [6.07, 6.45) is 58.5. The molecule has 0 aromatic carbocycles. The summed E-state index contributed by atoms with van der Waals surface area (Å²) in [6, 6.07) is 0. The SMILES string of the molecule is CCCCCCC/C=C\C/C=C\C/C=C\CCCCCCCCCCC(=O)OCC(COC(=O)CCCCCCC)OC(=O)CCCCCCC/C=C\CCCCCCC. The second-order valence-electron chi connectivity index (χ2n) is 17.1. The molecule has 0 fully saturated rings. The number of hydrogen-bond donors (Lipinski definition) is 0. The summed E-state index contributed by atoms with van der Waals surface area (Å²) in [6.45, 7) is 6.53. The molecule has 60 heavy (non-hydrogen) atoms. The Bertz CT molecular complexity index is 1060. The highest BCUT2D eigenvalue weighted by Gasteiger charge is 2.19. The molecule has 6 nitrogen and oxygen atoms in total. The predicted molar refractivity (Wildman–Crippen MR) is 256 cm³/mol. The van der Waals surface area contributed by atoms with Gasteiger partial charge in [0.1, 0.15) is 13.2 Å². The molecule has 0 aromatic heterocycles. The van der Waals surface area contributed by atoms with Crippen molar-refractivity contribution in [3.8, 4) is 0 Å². The highest BCUT2D eigenvalue weighted by atomic mass is 16.6. The van der Waals surface area contributed by atoms with Gasteiger partial charge in [-0.05, 0) is 83.5 Å². The van der Waals surface area contributed by atoms with E-state index in [2.05, 4.69) is 69.4 Å². The van der Waals surface area contributed by atoms with Crippen molar-refractivity contribution < 1.29 is 28.6 Å². The molecular weight excluding hydrogens is 745 g/mol. The molecule has 0 aliphatic carbocycles. The van der Waals surface area contributed by atoms with E-state index >= 15 is 0 Å². The molecule has 1 atom stereocenters. The van der Waals surface area contributed by atoms with Crippen LogP contribution in [0.25, 0.3) is 0 Å². The largest absolute Gasteiger partial charge is 0.462 e. The molecule has 0 bridgehead atoms. The Balaban J connectivity index is 4.14. The number of allylic oxidation sites excluding steroid dienone is 8. The molecule has 0 heterocycles. The maximum Gasteiger partial charge on any atom is 0.306 e. The van der Waals surface area contributed by atoms with Crippen molar-refractivity contribution in [3.63, 3.8) is 0 Å². The van der Waals surface area contributed by atoms with Gasteiger partial charge in [0.05, 0.1) is 0 Å². The number of esters is 3. The Morgan fingerprint density at radius 1 is 0.333 bits per heavy atom. The highest BCUT2D eigenvalue weighted by molar-refractivity contribution is 5.71. The fraction of sp³-hybridized carbons (Fsp3) is 0.796. The fourth-order valence-electron chi connectivity index (χ4n) is 7.15. The minimum Gasteiger partial charge on any atom is -0.462 e. The van der Waals surface area contributed by atoms with E-state index < -0.39 is 6.10 Å². The molecule has 0 amide bonds. The lowest BCUT2D eigenvalue weighted by atomic mass is 10.1. The van der Waals surface area contributed by atoms with E-state index in [1.807, 2.05) is 0 Å². The molecule has 6 heteroatoms. The van der Waals surface area contributed by atoms with Crippen molar-refractivity contribution in [1.82, 2.24) is 0 Å². The number of unbranched alkanes of at least 4 members (excludes halogenated alkanes) is 27.